The predicted molar refractivity (Wildman–Crippen MR) is 145 cm³/mol. The third kappa shape index (κ3) is 5.34. The molecule has 1 aliphatic heterocycles. The van der Waals surface area contributed by atoms with Crippen molar-refractivity contribution in [2.75, 3.05) is 11.4 Å². The van der Waals surface area contributed by atoms with E-state index in [1.807, 2.05) is 32.0 Å². The van der Waals surface area contributed by atoms with Crippen LogP contribution < -0.4 is 4.90 Å². The topological polar surface area (TPSA) is 59.0 Å². The van der Waals surface area contributed by atoms with E-state index in [2.05, 4.69) is 33.7 Å². The molecule has 5 rings (SSSR count). The van der Waals surface area contributed by atoms with Gasteiger partial charge in [-0.25, -0.2) is 14.4 Å². The van der Waals surface area contributed by atoms with Crippen LogP contribution in [-0.4, -0.2) is 33.3 Å². The SMILES string of the molecule is CCCC(C)c1ccc(-c2ccc(F)cc2C(=O)C=C2CCC3CN(c4nc(C)cc(C)n4)C3C2)cn1. The summed E-state index contributed by atoms with van der Waals surface area (Å²) in [6.07, 6.45) is 8.47. The number of ketones is 1. The Morgan fingerprint density at radius 1 is 1.16 bits per heavy atom. The molecule has 0 spiro atoms. The van der Waals surface area contributed by atoms with Crippen molar-refractivity contribution in [2.45, 2.75) is 71.8 Å². The van der Waals surface area contributed by atoms with Crippen LogP contribution in [0.1, 0.15) is 79.3 Å². The summed E-state index contributed by atoms with van der Waals surface area (Å²) < 4.78 is 14.3. The van der Waals surface area contributed by atoms with Crippen molar-refractivity contribution in [3.8, 4) is 11.1 Å². The maximum atomic E-state index is 14.3. The van der Waals surface area contributed by atoms with Gasteiger partial charge in [0, 0.05) is 47.0 Å². The Morgan fingerprint density at radius 3 is 2.65 bits per heavy atom. The van der Waals surface area contributed by atoms with E-state index in [4.69, 9.17) is 0 Å². The molecule has 6 heteroatoms. The summed E-state index contributed by atoms with van der Waals surface area (Å²) in [5, 5.41) is 0. The molecule has 3 aromatic rings. The van der Waals surface area contributed by atoms with Crippen molar-refractivity contribution < 1.29 is 9.18 Å². The molecule has 3 unspecified atom stereocenters. The molecular weight excluding hydrogens is 463 g/mol. The number of anilines is 1. The highest BCUT2D eigenvalue weighted by Crippen LogP contribution is 2.41. The highest BCUT2D eigenvalue weighted by atomic mass is 19.1. The lowest BCUT2D eigenvalue weighted by Crippen LogP contribution is -2.58. The molecule has 0 bridgehead atoms. The molecule has 2 aliphatic rings. The Labute approximate surface area is 218 Å². The third-order valence-corrected chi connectivity index (χ3v) is 7.82. The molecule has 37 heavy (non-hydrogen) atoms. The number of pyridine rings is 1. The van der Waals surface area contributed by atoms with E-state index in [1.165, 1.54) is 12.1 Å². The quantitative estimate of drug-likeness (QED) is 0.259. The minimum Gasteiger partial charge on any atom is -0.337 e. The van der Waals surface area contributed by atoms with Gasteiger partial charge in [-0.2, -0.15) is 0 Å². The molecule has 2 aromatic heterocycles. The van der Waals surface area contributed by atoms with Crippen molar-refractivity contribution in [2.24, 2.45) is 5.92 Å². The second-order valence-electron chi connectivity index (χ2n) is 10.7. The minimum absolute atomic E-state index is 0.153. The van der Waals surface area contributed by atoms with Gasteiger partial charge in [-0.1, -0.05) is 38.0 Å². The van der Waals surface area contributed by atoms with Crippen molar-refractivity contribution in [1.82, 2.24) is 15.0 Å². The van der Waals surface area contributed by atoms with E-state index in [0.717, 1.165) is 72.8 Å². The smallest absolute Gasteiger partial charge is 0.226 e. The molecule has 1 saturated carbocycles. The first-order valence-electron chi connectivity index (χ1n) is 13.4. The van der Waals surface area contributed by atoms with Gasteiger partial charge in [0.15, 0.2) is 5.78 Å². The average molecular weight is 499 g/mol. The van der Waals surface area contributed by atoms with Gasteiger partial charge in [0.1, 0.15) is 5.82 Å². The number of carbonyl (C=O) groups is 1. The fourth-order valence-corrected chi connectivity index (χ4v) is 5.80. The van der Waals surface area contributed by atoms with Gasteiger partial charge in [0.05, 0.1) is 0 Å². The number of carbonyl (C=O) groups excluding carboxylic acids is 1. The summed E-state index contributed by atoms with van der Waals surface area (Å²) in [5.41, 5.74) is 6.01. The highest BCUT2D eigenvalue weighted by molar-refractivity contribution is 6.09. The summed E-state index contributed by atoms with van der Waals surface area (Å²) in [6.45, 7) is 9.29. The van der Waals surface area contributed by atoms with Gasteiger partial charge in [-0.3, -0.25) is 9.78 Å². The maximum absolute atomic E-state index is 14.3. The highest BCUT2D eigenvalue weighted by Gasteiger charge is 2.43. The van der Waals surface area contributed by atoms with Crippen LogP contribution in [0.3, 0.4) is 0 Å². The van der Waals surface area contributed by atoms with E-state index < -0.39 is 5.82 Å². The van der Waals surface area contributed by atoms with Crippen LogP contribution in [0.2, 0.25) is 0 Å². The maximum Gasteiger partial charge on any atom is 0.226 e. The number of nitrogens with zero attached hydrogens (tertiary/aromatic N) is 4. The van der Waals surface area contributed by atoms with Gasteiger partial charge in [-0.05, 0) is 87.3 Å². The molecule has 3 atom stereocenters. The van der Waals surface area contributed by atoms with Crippen LogP contribution in [0.5, 0.6) is 0 Å². The molecule has 3 heterocycles. The molecule has 0 amide bonds. The molecule has 5 nitrogen and oxygen atoms in total. The molecule has 0 N–H and O–H groups in total. The molecule has 1 aromatic carbocycles. The summed E-state index contributed by atoms with van der Waals surface area (Å²) in [7, 11) is 0. The largest absolute Gasteiger partial charge is 0.337 e. The molecule has 1 aliphatic carbocycles. The van der Waals surface area contributed by atoms with Gasteiger partial charge in [0.25, 0.3) is 0 Å². The minimum atomic E-state index is -0.410. The van der Waals surface area contributed by atoms with Crippen molar-refractivity contribution in [3.63, 3.8) is 0 Å². The number of benzene rings is 1. The van der Waals surface area contributed by atoms with Gasteiger partial charge < -0.3 is 4.90 Å². The zero-order chi connectivity index (χ0) is 26.1. The Balaban J connectivity index is 1.37. The zero-order valence-corrected chi connectivity index (χ0v) is 22.2. The van der Waals surface area contributed by atoms with Crippen LogP contribution >= 0.6 is 0 Å². The second-order valence-corrected chi connectivity index (χ2v) is 10.7. The first kappa shape index (κ1) is 25.2. The molecule has 2 fully saturated rings. The number of fused-ring (bicyclic) bond motifs is 1. The summed E-state index contributed by atoms with van der Waals surface area (Å²) in [5.74, 6) is 1.20. The number of rotatable bonds is 7. The Kier molecular flexibility index (Phi) is 7.18. The Hall–Kier alpha value is -3.41. The first-order chi connectivity index (χ1) is 17.8. The molecule has 0 radical (unpaired) electrons. The van der Waals surface area contributed by atoms with Crippen LogP contribution in [-0.2, 0) is 0 Å². The standard InChI is InChI=1S/C31H35FN4O/c1-5-6-19(2)28-12-9-23(17-33-28)26-11-10-25(32)16-27(26)30(37)15-22-7-8-24-18-36(29(24)14-22)31-34-20(3)13-21(4)35-31/h9-13,15-17,19,24,29H,5-8,14,18H2,1-4H3. The van der Waals surface area contributed by atoms with Crippen molar-refractivity contribution >= 4 is 11.7 Å². The lowest BCUT2D eigenvalue weighted by atomic mass is 9.74. The number of aryl methyl sites for hydroxylation is 2. The Bertz CT molecular complexity index is 1310. The summed E-state index contributed by atoms with van der Waals surface area (Å²) >= 11 is 0. The zero-order valence-electron chi connectivity index (χ0n) is 22.2. The number of hydrogen-bond acceptors (Lipinski definition) is 5. The van der Waals surface area contributed by atoms with E-state index in [0.29, 0.717) is 29.0 Å². The molecule has 1 saturated heterocycles. The number of allylic oxidation sites excluding steroid dienone is 1. The normalized spacial score (nSPS) is 20.9. The monoisotopic (exact) mass is 498 g/mol. The average Bonchev–Trinajstić information content (AvgIpc) is 2.85. The van der Waals surface area contributed by atoms with Gasteiger partial charge in [-0.15, -0.1) is 0 Å². The molecular formula is C31H35FN4O. The lowest BCUT2D eigenvalue weighted by Gasteiger charge is -2.51. The van der Waals surface area contributed by atoms with Crippen LogP contribution in [0.4, 0.5) is 10.3 Å². The number of hydrogen-bond donors (Lipinski definition) is 0. The lowest BCUT2D eigenvalue weighted by molar-refractivity contribution is 0.104. The van der Waals surface area contributed by atoms with E-state index in [9.17, 15) is 9.18 Å². The predicted octanol–water partition coefficient (Wildman–Crippen LogP) is 7.00. The first-order valence-corrected chi connectivity index (χ1v) is 13.4. The number of aromatic nitrogens is 3. The second kappa shape index (κ2) is 10.5. The van der Waals surface area contributed by atoms with E-state index >= 15 is 0 Å². The van der Waals surface area contributed by atoms with Crippen molar-refractivity contribution in [1.29, 1.82) is 0 Å². The van der Waals surface area contributed by atoms with Crippen LogP contribution in [0, 0.1) is 25.6 Å². The summed E-state index contributed by atoms with van der Waals surface area (Å²) in [6, 6.07) is 10.8. The fourth-order valence-electron chi connectivity index (χ4n) is 5.80. The van der Waals surface area contributed by atoms with Crippen molar-refractivity contribution in [3.05, 3.63) is 82.7 Å². The van der Waals surface area contributed by atoms with Crippen LogP contribution in [0.25, 0.3) is 11.1 Å². The third-order valence-electron chi connectivity index (χ3n) is 7.82. The molecule has 192 valence electrons. The van der Waals surface area contributed by atoms with E-state index in [-0.39, 0.29) is 5.78 Å². The van der Waals surface area contributed by atoms with Gasteiger partial charge in [0.2, 0.25) is 5.95 Å². The van der Waals surface area contributed by atoms with Gasteiger partial charge >= 0.3 is 0 Å². The van der Waals surface area contributed by atoms with E-state index in [1.54, 1.807) is 18.3 Å². The summed E-state index contributed by atoms with van der Waals surface area (Å²) in [4.78, 5) is 29.7. The Morgan fingerprint density at radius 2 is 1.95 bits per heavy atom. The fraction of sp³-hybridized carbons (Fsp3) is 0.419. The number of halogens is 1. The van der Waals surface area contributed by atoms with Crippen LogP contribution in [0.15, 0.2) is 54.2 Å².